The summed E-state index contributed by atoms with van der Waals surface area (Å²) >= 11 is 11.9. The molecule has 0 aliphatic rings. The summed E-state index contributed by atoms with van der Waals surface area (Å²) in [5.41, 5.74) is 3.23. The maximum absolute atomic E-state index is 12.8. The summed E-state index contributed by atoms with van der Waals surface area (Å²) in [6.07, 6.45) is 0. The standard InChI is InChI=1S/C22H18Cl2O3S/c1-15(25)22-8-7-18(17-5-3-2-4-6-17)11-19(22)14-28(26,27)13-16-9-20(23)12-21(24)10-16/h2-12,25H,1,13-14H2. The Morgan fingerprint density at radius 2 is 1.50 bits per heavy atom. The van der Waals surface area contributed by atoms with E-state index in [9.17, 15) is 13.5 Å². The Bertz CT molecular complexity index is 1100. The van der Waals surface area contributed by atoms with E-state index < -0.39 is 9.84 Å². The van der Waals surface area contributed by atoms with Crippen molar-refractivity contribution < 1.29 is 13.5 Å². The molecule has 144 valence electrons. The van der Waals surface area contributed by atoms with Crippen LogP contribution in [0.5, 0.6) is 0 Å². The Morgan fingerprint density at radius 3 is 2.11 bits per heavy atom. The normalized spacial score (nSPS) is 11.4. The van der Waals surface area contributed by atoms with Gasteiger partial charge in [0.1, 0.15) is 5.76 Å². The van der Waals surface area contributed by atoms with Gasteiger partial charge in [0.25, 0.3) is 0 Å². The van der Waals surface area contributed by atoms with Gasteiger partial charge in [-0.05, 0) is 46.5 Å². The highest BCUT2D eigenvalue weighted by atomic mass is 35.5. The molecule has 3 aromatic rings. The average molecular weight is 433 g/mol. The molecular formula is C22H18Cl2O3S. The minimum atomic E-state index is -3.55. The summed E-state index contributed by atoms with van der Waals surface area (Å²) in [6, 6.07) is 19.6. The molecule has 0 saturated heterocycles. The van der Waals surface area contributed by atoms with Gasteiger partial charge in [0, 0.05) is 15.6 Å². The van der Waals surface area contributed by atoms with Gasteiger partial charge < -0.3 is 5.11 Å². The van der Waals surface area contributed by atoms with Crippen molar-refractivity contribution in [3.8, 4) is 11.1 Å². The first kappa shape index (κ1) is 20.5. The van der Waals surface area contributed by atoms with E-state index in [-0.39, 0.29) is 17.3 Å². The third-order valence-corrected chi connectivity index (χ3v) is 6.17. The van der Waals surface area contributed by atoms with Crippen LogP contribution >= 0.6 is 23.2 Å². The van der Waals surface area contributed by atoms with Crippen LogP contribution in [0, 0.1) is 0 Å². The van der Waals surface area contributed by atoms with Crippen molar-refractivity contribution in [1.29, 1.82) is 0 Å². The highest BCUT2D eigenvalue weighted by molar-refractivity contribution is 7.89. The molecule has 3 rings (SSSR count). The predicted octanol–water partition coefficient (Wildman–Crippen LogP) is 6.30. The van der Waals surface area contributed by atoms with Crippen molar-refractivity contribution in [2.24, 2.45) is 0 Å². The molecule has 0 heterocycles. The Morgan fingerprint density at radius 1 is 0.857 bits per heavy atom. The van der Waals surface area contributed by atoms with E-state index in [2.05, 4.69) is 6.58 Å². The summed E-state index contributed by atoms with van der Waals surface area (Å²) in [4.78, 5) is 0. The first-order valence-corrected chi connectivity index (χ1v) is 11.0. The lowest BCUT2D eigenvalue weighted by Crippen LogP contribution is -2.09. The van der Waals surface area contributed by atoms with Crippen LogP contribution in [0.25, 0.3) is 16.9 Å². The van der Waals surface area contributed by atoms with Crippen molar-refractivity contribution in [3.05, 3.63) is 100 Å². The van der Waals surface area contributed by atoms with Crippen LogP contribution in [0.15, 0.2) is 73.3 Å². The van der Waals surface area contributed by atoms with Crippen LogP contribution in [-0.2, 0) is 21.3 Å². The summed E-state index contributed by atoms with van der Waals surface area (Å²) < 4.78 is 25.6. The maximum atomic E-state index is 12.8. The molecule has 1 N–H and O–H groups in total. The van der Waals surface area contributed by atoms with Gasteiger partial charge in [-0.3, -0.25) is 0 Å². The van der Waals surface area contributed by atoms with Gasteiger partial charge in [0.15, 0.2) is 9.84 Å². The molecule has 0 aliphatic heterocycles. The Balaban J connectivity index is 1.95. The molecule has 3 nitrogen and oxygen atoms in total. The molecule has 0 spiro atoms. The second-order valence-electron chi connectivity index (χ2n) is 6.49. The second-order valence-corrected chi connectivity index (χ2v) is 9.43. The summed E-state index contributed by atoms with van der Waals surface area (Å²) in [5, 5.41) is 10.7. The number of rotatable bonds is 6. The number of halogens is 2. The fraction of sp³-hybridized carbons (Fsp3) is 0.0909. The van der Waals surface area contributed by atoms with Crippen LogP contribution in [-0.4, -0.2) is 13.5 Å². The van der Waals surface area contributed by atoms with E-state index in [1.807, 2.05) is 36.4 Å². The molecule has 0 atom stereocenters. The highest BCUT2D eigenvalue weighted by Gasteiger charge is 2.18. The van der Waals surface area contributed by atoms with Gasteiger partial charge in [0.05, 0.1) is 11.5 Å². The minimum Gasteiger partial charge on any atom is -0.508 e. The molecule has 3 aromatic carbocycles. The molecule has 0 aliphatic carbocycles. The third kappa shape index (κ3) is 5.16. The minimum absolute atomic E-state index is 0.171. The number of hydrogen-bond donors (Lipinski definition) is 1. The topological polar surface area (TPSA) is 54.4 Å². The molecular weight excluding hydrogens is 415 g/mol. The van der Waals surface area contributed by atoms with Crippen LogP contribution < -0.4 is 0 Å². The van der Waals surface area contributed by atoms with E-state index in [0.29, 0.717) is 26.7 Å². The Kier molecular flexibility index (Phi) is 6.14. The van der Waals surface area contributed by atoms with Crippen molar-refractivity contribution in [3.63, 3.8) is 0 Å². The zero-order valence-corrected chi connectivity index (χ0v) is 17.2. The second kappa shape index (κ2) is 8.39. The summed E-state index contributed by atoms with van der Waals surface area (Å²) in [5.74, 6) is -0.622. The number of aliphatic hydroxyl groups excluding tert-OH is 1. The van der Waals surface area contributed by atoms with E-state index in [1.165, 1.54) is 0 Å². The van der Waals surface area contributed by atoms with Crippen LogP contribution in [0.4, 0.5) is 0 Å². The fourth-order valence-corrected chi connectivity index (χ4v) is 5.10. The fourth-order valence-electron chi connectivity index (χ4n) is 3.04. The van der Waals surface area contributed by atoms with Crippen LogP contribution in [0.2, 0.25) is 10.0 Å². The van der Waals surface area contributed by atoms with Gasteiger partial charge in [-0.15, -0.1) is 0 Å². The van der Waals surface area contributed by atoms with Gasteiger partial charge in [-0.25, -0.2) is 8.42 Å². The lowest BCUT2D eigenvalue weighted by molar-refractivity contribution is 0.513. The number of aliphatic hydroxyl groups is 1. The smallest absolute Gasteiger partial charge is 0.158 e. The molecule has 6 heteroatoms. The monoisotopic (exact) mass is 432 g/mol. The molecule has 0 fully saturated rings. The predicted molar refractivity (Wildman–Crippen MR) is 116 cm³/mol. The zero-order chi connectivity index (χ0) is 20.3. The third-order valence-electron chi connectivity index (χ3n) is 4.21. The number of sulfone groups is 1. The lowest BCUT2D eigenvalue weighted by Gasteiger charge is -2.12. The first-order chi connectivity index (χ1) is 13.2. The first-order valence-electron chi connectivity index (χ1n) is 8.45. The number of hydrogen-bond acceptors (Lipinski definition) is 3. The molecule has 28 heavy (non-hydrogen) atoms. The molecule has 0 aromatic heterocycles. The van der Waals surface area contributed by atoms with Crippen molar-refractivity contribution in [2.75, 3.05) is 0 Å². The Labute approximate surface area is 174 Å². The summed E-state index contributed by atoms with van der Waals surface area (Å²) in [7, 11) is -3.55. The van der Waals surface area contributed by atoms with Crippen LogP contribution in [0.3, 0.4) is 0 Å². The molecule has 0 bridgehead atoms. The zero-order valence-electron chi connectivity index (χ0n) is 14.9. The van der Waals surface area contributed by atoms with E-state index >= 15 is 0 Å². The molecule has 0 unspecified atom stereocenters. The largest absolute Gasteiger partial charge is 0.508 e. The van der Waals surface area contributed by atoms with E-state index in [4.69, 9.17) is 23.2 Å². The molecule has 0 radical (unpaired) electrons. The highest BCUT2D eigenvalue weighted by Crippen LogP contribution is 2.28. The van der Waals surface area contributed by atoms with Gasteiger partial charge >= 0.3 is 0 Å². The van der Waals surface area contributed by atoms with E-state index in [0.717, 1.165) is 11.1 Å². The maximum Gasteiger partial charge on any atom is 0.158 e. The average Bonchev–Trinajstić information content (AvgIpc) is 2.60. The quantitative estimate of drug-likeness (QED) is 0.464. The van der Waals surface area contributed by atoms with Crippen molar-refractivity contribution >= 4 is 38.8 Å². The van der Waals surface area contributed by atoms with Gasteiger partial charge in [0.2, 0.25) is 0 Å². The molecule has 0 amide bonds. The van der Waals surface area contributed by atoms with Crippen molar-refractivity contribution in [2.45, 2.75) is 11.5 Å². The van der Waals surface area contributed by atoms with Gasteiger partial charge in [-0.2, -0.15) is 0 Å². The Hall–Kier alpha value is -2.27. The van der Waals surface area contributed by atoms with Crippen LogP contribution in [0.1, 0.15) is 16.7 Å². The number of benzene rings is 3. The SMILES string of the molecule is C=C(O)c1ccc(-c2ccccc2)cc1CS(=O)(=O)Cc1cc(Cl)cc(Cl)c1. The van der Waals surface area contributed by atoms with Crippen molar-refractivity contribution in [1.82, 2.24) is 0 Å². The molecule has 0 saturated carbocycles. The summed E-state index contributed by atoms with van der Waals surface area (Å²) in [6.45, 7) is 3.55. The van der Waals surface area contributed by atoms with E-state index in [1.54, 1.807) is 30.3 Å². The van der Waals surface area contributed by atoms with Gasteiger partial charge in [-0.1, -0.05) is 72.2 Å². The lowest BCUT2D eigenvalue weighted by atomic mass is 9.99.